The number of carbonyl (C=O) groups excluding carboxylic acids is 3. The summed E-state index contributed by atoms with van der Waals surface area (Å²) >= 11 is 0. The molecule has 8 nitrogen and oxygen atoms in total. The number of nitrogens with one attached hydrogen (secondary N) is 3. The van der Waals surface area contributed by atoms with Crippen LogP contribution in [0.25, 0.3) is 5.57 Å². The van der Waals surface area contributed by atoms with Crippen molar-refractivity contribution in [1.82, 2.24) is 16.0 Å². The second-order valence-corrected chi connectivity index (χ2v) is 12.1. The molecule has 3 N–H and O–H groups in total. The first kappa shape index (κ1) is 31.0. The molecule has 0 radical (unpaired) electrons. The van der Waals surface area contributed by atoms with Crippen LogP contribution in [0.15, 0.2) is 84.4 Å². The number of ether oxygens (including phenoxy) is 2. The van der Waals surface area contributed by atoms with E-state index in [4.69, 9.17) is 9.47 Å². The maximum absolute atomic E-state index is 13.8. The summed E-state index contributed by atoms with van der Waals surface area (Å²) in [7, 11) is 1.60. The molecule has 44 heavy (non-hydrogen) atoms. The molecule has 0 aromatic heterocycles. The number of hydrogen-bond acceptors (Lipinski definition) is 5. The molecule has 0 spiro atoms. The van der Waals surface area contributed by atoms with Crippen LogP contribution in [0.4, 0.5) is 0 Å². The highest BCUT2D eigenvalue weighted by Crippen LogP contribution is 2.33. The van der Waals surface area contributed by atoms with Gasteiger partial charge in [0.25, 0.3) is 0 Å². The minimum Gasteiger partial charge on any atom is -0.497 e. The van der Waals surface area contributed by atoms with Crippen molar-refractivity contribution in [2.75, 3.05) is 13.7 Å². The Bertz CT molecular complexity index is 1530. The predicted molar refractivity (Wildman–Crippen MR) is 170 cm³/mol. The van der Waals surface area contributed by atoms with Gasteiger partial charge in [-0.15, -0.1) is 0 Å². The molecule has 1 saturated heterocycles. The van der Waals surface area contributed by atoms with E-state index in [-0.39, 0.29) is 29.9 Å². The van der Waals surface area contributed by atoms with Crippen LogP contribution in [0.1, 0.15) is 49.4 Å². The number of amides is 3. The monoisotopic (exact) mass is 595 g/mol. The van der Waals surface area contributed by atoms with E-state index in [2.05, 4.69) is 16.0 Å². The standard InChI is InChI=1S/C36H41N3O5/c1-23-30-13-9-8-12-27(30)20-31(23)34(41)37-24(2)33(40)39-32(19-26-14-16-29(43-4)17-15-26)35(42)38-28(21-36(3)22-44-36)18-25-10-6-5-7-11-25/h5-17,24,28,32H,18-22H2,1-4H3,(H,37,41)(H,38,42)(H,39,40). The number of fused-ring (bicyclic) bond motifs is 1. The van der Waals surface area contributed by atoms with E-state index in [1.54, 1.807) is 14.0 Å². The van der Waals surface area contributed by atoms with Gasteiger partial charge in [0.1, 0.15) is 17.8 Å². The van der Waals surface area contributed by atoms with Gasteiger partial charge in [-0.2, -0.15) is 0 Å². The summed E-state index contributed by atoms with van der Waals surface area (Å²) < 4.78 is 10.9. The quantitative estimate of drug-likeness (QED) is 0.257. The van der Waals surface area contributed by atoms with E-state index in [1.165, 1.54) is 0 Å². The maximum atomic E-state index is 13.8. The van der Waals surface area contributed by atoms with Crippen molar-refractivity contribution < 1.29 is 23.9 Å². The highest BCUT2D eigenvalue weighted by molar-refractivity contribution is 6.05. The minimum atomic E-state index is -0.863. The fourth-order valence-corrected chi connectivity index (χ4v) is 5.77. The molecule has 1 aliphatic heterocycles. The first-order chi connectivity index (χ1) is 21.1. The summed E-state index contributed by atoms with van der Waals surface area (Å²) in [4.78, 5) is 40.5. The molecule has 3 aromatic carbocycles. The number of allylic oxidation sites excluding steroid dienone is 1. The molecule has 1 heterocycles. The zero-order chi connectivity index (χ0) is 31.3. The molecule has 8 heteroatoms. The SMILES string of the molecule is COc1ccc(CC(NC(=O)C(C)NC(=O)C2=C(C)c3ccccc3C2)C(=O)NC(Cc2ccccc2)CC2(C)CO2)cc1. The van der Waals surface area contributed by atoms with Crippen molar-refractivity contribution in [3.8, 4) is 5.75 Å². The number of hydrogen-bond donors (Lipinski definition) is 3. The lowest BCUT2D eigenvalue weighted by molar-refractivity contribution is -0.131. The predicted octanol–water partition coefficient (Wildman–Crippen LogP) is 4.16. The zero-order valence-corrected chi connectivity index (χ0v) is 25.8. The second-order valence-electron chi connectivity index (χ2n) is 12.1. The van der Waals surface area contributed by atoms with E-state index in [0.29, 0.717) is 37.2 Å². The Morgan fingerprint density at radius 2 is 1.52 bits per heavy atom. The summed E-state index contributed by atoms with van der Waals surface area (Å²) in [5.41, 5.74) is 5.42. The van der Waals surface area contributed by atoms with Gasteiger partial charge in [0.05, 0.1) is 19.3 Å². The maximum Gasteiger partial charge on any atom is 0.248 e. The molecule has 3 aromatic rings. The van der Waals surface area contributed by atoms with Crippen LogP contribution >= 0.6 is 0 Å². The van der Waals surface area contributed by atoms with E-state index >= 15 is 0 Å². The molecule has 5 rings (SSSR count). The molecular formula is C36H41N3O5. The summed E-state index contributed by atoms with van der Waals surface area (Å²) in [5, 5.41) is 8.97. The van der Waals surface area contributed by atoms with Crippen LogP contribution in [0, 0.1) is 0 Å². The smallest absolute Gasteiger partial charge is 0.248 e. The van der Waals surface area contributed by atoms with Crippen LogP contribution in [0.2, 0.25) is 0 Å². The fraction of sp³-hybridized carbons (Fsp3) is 0.361. The molecule has 4 atom stereocenters. The lowest BCUT2D eigenvalue weighted by Gasteiger charge is -2.26. The first-order valence-electron chi connectivity index (χ1n) is 15.1. The molecule has 0 saturated carbocycles. The molecule has 4 unspecified atom stereocenters. The first-order valence-corrected chi connectivity index (χ1v) is 15.1. The molecular weight excluding hydrogens is 554 g/mol. The van der Waals surface area contributed by atoms with Gasteiger partial charge in [-0.25, -0.2) is 0 Å². The third-order valence-electron chi connectivity index (χ3n) is 8.47. The Hall–Kier alpha value is -4.43. The summed E-state index contributed by atoms with van der Waals surface area (Å²) in [5.74, 6) is -0.298. The number of carbonyl (C=O) groups is 3. The van der Waals surface area contributed by atoms with Crippen molar-refractivity contribution >= 4 is 23.3 Å². The van der Waals surface area contributed by atoms with Gasteiger partial charge >= 0.3 is 0 Å². The molecule has 230 valence electrons. The van der Waals surface area contributed by atoms with Crippen LogP contribution in [-0.4, -0.2) is 55.2 Å². The van der Waals surface area contributed by atoms with Crippen molar-refractivity contribution in [1.29, 1.82) is 0 Å². The topological polar surface area (TPSA) is 109 Å². The Labute approximate surface area is 259 Å². The van der Waals surface area contributed by atoms with Crippen LogP contribution in [-0.2, 0) is 38.4 Å². The summed E-state index contributed by atoms with van der Waals surface area (Å²) in [6, 6.07) is 23.4. The molecule has 1 aliphatic carbocycles. The number of methoxy groups -OCH3 is 1. The summed E-state index contributed by atoms with van der Waals surface area (Å²) in [6.07, 6.45) is 2.09. The number of rotatable bonds is 13. The Balaban J connectivity index is 1.29. The number of epoxide rings is 1. The fourth-order valence-electron chi connectivity index (χ4n) is 5.77. The minimum absolute atomic E-state index is 0.191. The van der Waals surface area contributed by atoms with Crippen molar-refractivity contribution in [3.05, 3.63) is 107 Å². The normalized spacial score (nSPS) is 18.9. The van der Waals surface area contributed by atoms with E-state index in [9.17, 15) is 14.4 Å². The highest BCUT2D eigenvalue weighted by Gasteiger charge is 2.42. The molecule has 3 amide bonds. The van der Waals surface area contributed by atoms with Crippen LogP contribution in [0.5, 0.6) is 5.75 Å². The largest absolute Gasteiger partial charge is 0.497 e. The van der Waals surface area contributed by atoms with Gasteiger partial charge in [-0.1, -0.05) is 66.7 Å². The number of benzene rings is 3. The van der Waals surface area contributed by atoms with Crippen molar-refractivity contribution in [3.63, 3.8) is 0 Å². The second kappa shape index (κ2) is 13.5. The average Bonchev–Trinajstić information content (AvgIpc) is 3.65. The van der Waals surface area contributed by atoms with Gasteiger partial charge in [-0.05, 0) is 73.6 Å². The summed E-state index contributed by atoms with van der Waals surface area (Å²) in [6.45, 7) is 6.26. The van der Waals surface area contributed by atoms with Crippen molar-refractivity contribution in [2.45, 2.75) is 70.2 Å². The average molecular weight is 596 g/mol. The van der Waals surface area contributed by atoms with Crippen LogP contribution in [0.3, 0.4) is 0 Å². The Kier molecular flexibility index (Phi) is 9.49. The molecule has 0 bridgehead atoms. The highest BCUT2D eigenvalue weighted by atomic mass is 16.6. The van der Waals surface area contributed by atoms with Gasteiger partial charge in [0, 0.05) is 24.5 Å². The lowest BCUT2D eigenvalue weighted by Crippen LogP contribution is -2.55. The van der Waals surface area contributed by atoms with Crippen LogP contribution < -0.4 is 20.7 Å². The lowest BCUT2D eigenvalue weighted by atomic mass is 9.95. The van der Waals surface area contributed by atoms with Crippen molar-refractivity contribution in [2.24, 2.45) is 0 Å². The van der Waals surface area contributed by atoms with E-state index in [1.807, 2.05) is 92.7 Å². The van der Waals surface area contributed by atoms with E-state index in [0.717, 1.165) is 27.8 Å². The van der Waals surface area contributed by atoms with Gasteiger partial charge in [0.2, 0.25) is 17.7 Å². The van der Waals surface area contributed by atoms with E-state index < -0.39 is 18.0 Å². The zero-order valence-electron chi connectivity index (χ0n) is 25.8. The molecule has 2 aliphatic rings. The third kappa shape index (κ3) is 7.74. The van der Waals surface area contributed by atoms with Gasteiger partial charge < -0.3 is 25.4 Å². The Morgan fingerprint density at radius 3 is 2.18 bits per heavy atom. The molecule has 1 fully saturated rings. The van der Waals surface area contributed by atoms with Gasteiger partial charge in [-0.3, -0.25) is 14.4 Å². The third-order valence-corrected chi connectivity index (χ3v) is 8.47. The van der Waals surface area contributed by atoms with Gasteiger partial charge in [0.15, 0.2) is 0 Å². The Morgan fingerprint density at radius 1 is 0.864 bits per heavy atom.